The first-order valence-corrected chi connectivity index (χ1v) is 8.33. The van der Waals surface area contributed by atoms with Gasteiger partial charge in [0, 0.05) is 0 Å². The summed E-state index contributed by atoms with van der Waals surface area (Å²) in [5.74, 6) is 0. The first-order valence-electron chi connectivity index (χ1n) is 8.33. The number of isocyanates is 2. The van der Waals surface area contributed by atoms with E-state index in [1.54, 1.807) is 12.1 Å². The van der Waals surface area contributed by atoms with E-state index in [1.807, 2.05) is 13.8 Å². The SMILES string of the molecule is Cc1cccc(CCCc2c(C)c(C)cc(N=C=O)c2N=C=O)c1C. The second kappa shape index (κ2) is 8.34. The van der Waals surface area contributed by atoms with E-state index >= 15 is 0 Å². The van der Waals surface area contributed by atoms with E-state index in [2.05, 4.69) is 42.0 Å². The van der Waals surface area contributed by atoms with Crippen LogP contribution in [0.2, 0.25) is 0 Å². The Morgan fingerprint density at radius 2 is 1.60 bits per heavy atom. The molecule has 0 N–H and O–H groups in total. The van der Waals surface area contributed by atoms with Gasteiger partial charge in [0.15, 0.2) is 0 Å². The molecule has 0 aliphatic rings. The Morgan fingerprint density at radius 1 is 0.880 bits per heavy atom. The first kappa shape index (κ1) is 18.5. The normalized spacial score (nSPS) is 10.1. The zero-order valence-corrected chi connectivity index (χ0v) is 15.1. The van der Waals surface area contributed by atoms with Crippen molar-refractivity contribution in [2.75, 3.05) is 0 Å². The van der Waals surface area contributed by atoms with E-state index in [9.17, 15) is 9.59 Å². The monoisotopic (exact) mass is 334 g/mol. The molecule has 2 aromatic rings. The number of aryl methyl sites for hydroxylation is 3. The zero-order valence-electron chi connectivity index (χ0n) is 15.1. The summed E-state index contributed by atoms with van der Waals surface area (Å²) in [7, 11) is 0. The molecule has 0 heterocycles. The molecule has 0 bridgehead atoms. The van der Waals surface area contributed by atoms with E-state index in [4.69, 9.17) is 0 Å². The van der Waals surface area contributed by atoms with Crippen LogP contribution in [0.1, 0.15) is 39.8 Å². The summed E-state index contributed by atoms with van der Waals surface area (Å²) in [6.07, 6.45) is 5.73. The highest BCUT2D eigenvalue weighted by Gasteiger charge is 2.14. The van der Waals surface area contributed by atoms with Gasteiger partial charge >= 0.3 is 0 Å². The molecule has 0 unspecified atom stereocenters. The third-order valence-corrected chi connectivity index (χ3v) is 4.84. The predicted octanol–water partition coefficient (Wildman–Crippen LogP) is 5.03. The fraction of sp³-hybridized carbons (Fsp3) is 0.333. The minimum absolute atomic E-state index is 0.378. The van der Waals surface area contributed by atoms with Gasteiger partial charge in [0.2, 0.25) is 12.2 Å². The summed E-state index contributed by atoms with van der Waals surface area (Å²) >= 11 is 0. The molecule has 4 nitrogen and oxygen atoms in total. The van der Waals surface area contributed by atoms with Gasteiger partial charge in [0.05, 0.1) is 0 Å². The Kier molecular flexibility index (Phi) is 6.19. The van der Waals surface area contributed by atoms with Gasteiger partial charge in [0.1, 0.15) is 11.4 Å². The van der Waals surface area contributed by atoms with Crippen molar-refractivity contribution in [2.45, 2.75) is 47.0 Å². The highest BCUT2D eigenvalue weighted by molar-refractivity contribution is 5.74. The molecule has 0 atom stereocenters. The topological polar surface area (TPSA) is 58.9 Å². The van der Waals surface area contributed by atoms with Crippen LogP contribution in [0.5, 0.6) is 0 Å². The number of carbonyl (C=O) groups excluding carboxylic acids is 2. The van der Waals surface area contributed by atoms with Crippen molar-refractivity contribution in [3.8, 4) is 0 Å². The fourth-order valence-corrected chi connectivity index (χ4v) is 3.10. The van der Waals surface area contributed by atoms with Crippen LogP contribution in [-0.2, 0) is 22.4 Å². The van der Waals surface area contributed by atoms with Crippen LogP contribution < -0.4 is 0 Å². The molecule has 0 saturated carbocycles. The molecule has 2 rings (SSSR count). The van der Waals surface area contributed by atoms with Crippen LogP contribution in [0, 0.1) is 27.7 Å². The maximum absolute atomic E-state index is 10.8. The van der Waals surface area contributed by atoms with Crippen molar-refractivity contribution in [3.63, 3.8) is 0 Å². The van der Waals surface area contributed by atoms with E-state index < -0.39 is 0 Å². The van der Waals surface area contributed by atoms with Crippen molar-refractivity contribution in [3.05, 3.63) is 57.6 Å². The molecule has 4 heteroatoms. The lowest BCUT2D eigenvalue weighted by Gasteiger charge is -2.14. The first-order chi connectivity index (χ1) is 12.0. The van der Waals surface area contributed by atoms with Crippen molar-refractivity contribution >= 4 is 23.5 Å². The maximum Gasteiger partial charge on any atom is 0.240 e. The Bertz CT molecular complexity index is 887. The number of nitrogens with zero attached hydrogens (tertiary/aromatic N) is 2. The second-order valence-corrected chi connectivity index (χ2v) is 6.28. The Morgan fingerprint density at radius 3 is 2.28 bits per heavy atom. The molecule has 0 spiro atoms. The molecule has 0 aromatic heterocycles. The average Bonchev–Trinajstić information content (AvgIpc) is 2.58. The Hall–Kier alpha value is -2.80. The minimum atomic E-state index is 0.378. The summed E-state index contributed by atoms with van der Waals surface area (Å²) in [5, 5.41) is 0. The molecule has 25 heavy (non-hydrogen) atoms. The van der Waals surface area contributed by atoms with Crippen molar-refractivity contribution in [2.24, 2.45) is 9.98 Å². The summed E-state index contributed by atoms with van der Waals surface area (Å²) in [5.41, 5.74) is 7.78. The number of rotatable bonds is 6. The summed E-state index contributed by atoms with van der Waals surface area (Å²) < 4.78 is 0. The standard InChI is InChI=1S/C21H22N2O2/c1-14-7-5-8-18(16(14)3)9-6-10-19-17(4)15(2)11-20(22-12-24)21(19)23-13-25/h5,7-8,11H,6,9-10H2,1-4H3. The molecular weight excluding hydrogens is 312 g/mol. The molecule has 0 fully saturated rings. The van der Waals surface area contributed by atoms with Gasteiger partial charge < -0.3 is 0 Å². The van der Waals surface area contributed by atoms with E-state index in [0.717, 1.165) is 36.0 Å². The van der Waals surface area contributed by atoms with Crippen molar-refractivity contribution in [1.82, 2.24) is 0 Å². The van der Waals surface area contributed by atoms with Gasteiger partial charge in [-0.3, -0.25) is 0 Å². The van der Waals surface area contributed by atoms with Gasteiger partial charge in [-0.1, -0.05) is 18.2 Å². The highest BCUT2D eigenvalue weighted by Crippen LogP contribution is 2.36. The van der Waals surface area contributed by atoms with Gasteiger partial charge in [-0.05, 0) is 86.4 Å². The lowest BCUT2D eigenvalue weighted by molar-refractivity contribution is 0.564. The third kappa shape index (κ3) is 4.19. The predicted molar refractivity (Wildman–Crippen MR) is 99.4 cm³/mol. The second-order valence-electron chi connectivity index (χ2n) is 6.28. The maximum atomic E-state index is 10.8. The van der Waals surface area contributed by atoms with Crippen molar-refractivity contribution < 1.29 is 9.59 Å². The number of aliphatic imine (C=N–C) groups is 2. The minimum Gasteiger partial charge on any atom is -0.211 e. The summed E-state index contributed by atoms with van der Waals surface area (Å²) in [4.78, 5) is 29.0. The number of benzene rings is 2. The largest absolute Gasteiger partial charge is 0.240 e. The van der Waals surface area contributed by atoms with Gasteiger partial charge in [-0.15, -0.1) is 0 Å². The molecule has 0 amide bonds. The summed E-state index contributed by atoms with van der Waals surface area (Å²) in [6.45, 7) is 8.22. The molecule has 0 aliphatic heterocycles. The molecular formula is C21H22N2O2. The lowest BCUT2D eigenvalue weighted by atomic mass is 9.93. The average molecular weight is 334 g/mol. The smallest absolute Gasteiger partial charge is 0.211 e. The van der Waals surface area contributed by atoms with Gasteiger partial charge in [-0.25, -0.2) is 9.59 Å². The van der Waals surface area contributed by atoms with E-state index in [0.29, 0.717) is 11.4 Å². The van der Waals surface area contributed by atoms with Crippen LogP contribution in [0.4, 0.5) is 11.4 Å². The Labute approximate surface area is 148 Å². The Balaban J connectivity index is 2.33. The zero-order chi connectivity index (χ0) is 18.4. The molecule has 128 valence electrons. The van der Waals surface area contributed by atoms with Gasteiger partial charge in [0.25, 0.3) is 0 Å². The third-order valence-electron chi connectivity index (χ3n) is 4.84. The van der Waals surface area contributed by atoms with Crippen LogP contribution in [0.25, 0.3) is 0 Å². The molecule has 2 aromatic carbocycles. The van der Waals surface area contributed by atoms with Crippen LogP contribution in [0.15, 0.2) is 34.3 Å². The van der Waals surface area contributed by atoms with Gasteiger partial charge in [-0.2, -0.15) is 9.98 Å². The summed E-state index contributed by atoms with van der Waals surface area (Å²) in [6, 6.07) is 8.10. The van der Waals surface area contributed by atoms with Crippen LogP contribution in [0.3, 0.4) is 0 Å². The van der Waals surface area contributed by atoms with Crippen LogP contribution in [-0.4, -0.2) is 12.2 Å². The number of hydrogen-bond acceptors (Lipinski definition) is 4. The number of hydrogen-bond donors (Lipinski definition) is 0. The van der Waals surface area contributed by atoms with Crippen LogP contribution >= 0.6 is 0 Å². The quantitative estimate of drug-likeness (QED) is 0.549. The molecule has 0 aliphatic carbocycles. The van der Waals surface area contributed by atoms with Crippen molar-refractivity contribution in [1.29, 1.82) is 0 Å². The fourth-order valence-electron chi connectivity index (χ4n) is 3.10. The molecule has 0 saturated heterocycles. The van der Waals surface area contributed by atoms with E-state index in [-0.39, 0.29) is 0 Å². The highest BCUT2D eigenvalue weighted by atomic mass is 16.1. The molecule has 0 radical (unpaired) electrons. The van der Waals surface area contributed by atoms with E-state index in [1.165, 1.54) is 22.8 Å². The lowest BCUT2D eigenvalue weighted by Crippen LogP contribution is -1.98.